The zero-order valence-corrected chi connectivity index (χ0v) is 14.8. The molecule has 1 saturated heterocycles. The van der Waals surface area contributed by atoms with Crippen molar-refractivity contribution in [3.05, 3.63) is 35.9 Å². The van der Waals surface area contributed by atoms with Gasteiger partial charge in [-0.15, -0.1) is 12.4 Å². The van der Waals surface area contributed by atoms with E-state index in [9.17, 15) is 8.42 Å². The summed E-state index contributed by atoms with van der Waals surface area (Å²) in [5.41, 5.74) is 7.28. The van der Waals surface area contributed by atoms with Crippen molar-refractivity contribution in [1.29, 1.82) is 0 Å². The molecule has 1 aromatic carbocycles. The van der Waals surface area contributed by atoms with Crippen LogP contribution < -0.4 is 5.73 Å². The highest BCUT2D eigenvalue weighted by molar-refractivity contribution is 7.86. The molecular weight excluding hydrogens is 322 g/mol. The Morgan fingerprint density at radius 1 is 1.27 bits per heavy atom. The van der Waals surface area contributed by atoms with Gasteiger partial charge in [0.25, 0.3) is 10.2 Å². The highest BCUT2D eigenvalue weighted by atomic mass is 35.5. The molecule has 7 heteroatoms. The van der Waals surface area contributed by atoms with Gasteiger partial charge in [-0.25, -0.2) is 0 Å². The summed E-state index contributed by atoms with van der Waals surface area (Å²) in [5.74, 6) is 0.0700. The van der Waals surface area contributed by atoms with Crippen molar-refractivity contribution in [2.24, 2.45) is 5.73 Å². The normalized spacial score (nSPS) is 22.7. The maximum atomic E-state index is 12.6. The zero-order valence-electron chi connectivity index (χ0n) is 13.2. The van der Waals surface area contributed by atoms with Crippen LogP contribution in [0.5, 0.6) is 0 Å². The van der Waals surface area contributed by atoms with E-state index in [0.717, 1.165) is 18.4 Å². The molecule has 0 unspecified atom stereocenters. The molecule has 5 nitrogen and oxygen atoms in total. The molecule has 0 spiro atoms. The first kappa shape index (κ1) is 19.4. The van der Waals surface area contributed by atoms with Crippen LogP contribution in [0.15, 0.2) is 30.3 Å². The van der Waals surface area contributed by atoms with Gasteiger partial charge in [0, 0.05) is 38.6 Å². The van der Waals surface area contributed by atoms with Gasteiger partial charge < -0.3 is 5.73 Å². The summed E-state index contributed by atoms with van der Waals surface area (Å²) in [6, 6.07) is 9.76. The van der Waals surface area contributed by atoms with Crippen molar-refractivity contribution in [2.75, 3.05) is 26.7 Å². The van der Waals surface area contributed by atoms with Crippen LogP contribution in [0.1, 0.15) is 31.2 Å². The molecule has 0 saturated carbocycles. The van der Waals surface area contributed by atoms with Crippen LogP contribution in [0.3, 0.4) is 0 Å². The molecule has 22 heavy (non-hydrogen) atoms. The fourth-order valence-electron chi connectivity index (χ4n) is 2.73. The van der Waals surface area contributed by atoms with Gasteiger partial charge in [0.1, 0.15) is 0 Å². The Bertz CT molecular complexity index is 553. The zero-order chi connectivity index (χ0) is 15.5. The number of benzene rings is 1. The third-order valence-electron chi connectivity index (χ3n) is 4.11. The molecule has 1 aliphatic heterocycles. The van der Waals surface area contributed by atoms with Crippen LogP contribution in [0, 0.1) is 0 Å². The van der Waals surface area contributed by atoms with Crippen LogP contribution in [-0.2, 0) is 10.2 Å². The van der Waals surface area contributed by atoms with E-state index in [4.69, 9.17) is 5.73 Å². The van der Waals surface area contributed by atoms with Gasteiger partial charge in [0.2, 0.25) is 0 Å². The number of halogens is 1. The minimum atomic E-state index is -3.40. The molecule has 0 amide bonds. The first-order chi connectivity index (χ1) is 9.96. The summed E-state index contributed by atoms with van der Waals surface area (Å²) in [5, 5.41) is 0. The van der Waals surface area contributed by atoms with E-state index in [1.807, 2.05) is 30.3 Å². The Kier molecular flexibility index (Phi) is 7.28. The lowest BCUT2D eigenvalue weighted by molar-refractivity contribution is 0.387. The Hall–Kier alpha value is -0.660. The maximum Gasteiger partial charge on any atom is 0.281 e. The van der Waals surface area contributed by atoms with Crippen molar-refractivity contribution in [3.63, 3.8) is 0 Å². The SMILES string of the molecule is CCCCN(C)S(=O)(=O)N1C[C@@H](N)[C@H](c2ccccc2)C1.Cl. The van der Waals surface area contributed by atoms with Gasteiger partial charge >= 0.3 is 0 Å². The van der Waals surface area contributed by atoms with Gasteiger partial charge in [-0.2, -0.15) is 17.0 Å². The number of nitrogens with zero attached hydrogens (tertiary/aromatic N) is 2. The average molecular weight is 348 g/mol. The van der Waals surface area contributed by atoms with Crippen molar-refractivity contribution < 1.29 is 8.42 Å². The molecule has 1 aromatic rings. The molecule has 0 radical (unpaired) electrons. The number of unbranched alkanes of at least 4 members (excludes halogenated alkanes) is 1. The van der Waals surface area contributed by atoms with Crippen LogP contribution in [-0.4, -0.2) is 49.8 Å². The molecule has 2 N–H and O–H groups in total. The van der Waals surface area contributed by atoms with Crippen molar-refractivity contribution in [2.45, 2.75) is 31.7 Å². The molecule has 2 rings (SSSR count). The van der Waals surface area contributed by atoms with Crippen LogP contribution in [0.25, 0.3) is 0 Å². The average Bonchev–Trinajstić information content (AvgIpc) is 2.88. The Morgan fingerprint density at radius 3 is 2.50 bits per heavy atom. The number of hydrogen-bond donors (Lipinski definition) is 1. The van der Waals surface area contributed by atoms with E-state index in [2.05, 4.69) is 6.92 Å². The second kappa shape index (κ2) is 8.26. The molecule has 1 heterocycles. The lowest BCUT2D eigenvalue weighted by Gasteiger charge is -2.24. The number of hydrogen-bond acceptors (Lipinski definition) is 3. The second-order valence-corrected chi connectivity index (χ2v) is 7.72. The first-order valence-corrected chi connectivity index (χ1v) is 8.88. The summed E-state index contributed by atoms with van der Waals surface area (Å²) in [7, 11) is -1.75. The van der Waals surface area contributed by atoms with E-state index in [-0.39, 0.29) is 24.4 Å². The largest absolute Gasteiger partial charge is 0.326 e. The topological polar surface area (TPSA) is 66.6 Å². The summed E-state index contributed by atoms with van der Waals surface area (Å²) in [4.78, 5) is 0. The monoisotopic (exact) mass is 347 g/mol. The lowest BCUT2D eigenvalue weighted by Crippen LogP contribution is -2.42. The molecule has 1 aliphatic rings. The van der Waals surface area contributed by atoms with E-state index in [0.29, 0.717) is 19.6 Å². The highest BCUT2D eigenvalue weighted by Gasteiger charge is 2.39. The van der Waals surface area contributed by atoms with Crippen LogP contribution in [0.2, 0.25) is 0 Å². The van der Waals surface area contributed by atoms with Gasteiger partial charge in [0.15, 0.2) is 0 Å². The lowest BCUT2D eigenvalue weighted by atomic mass is 9.95. The van der Waals surface area contributed by atoms with E-state index in [1.165, 1.54) is 8.61 Å². The molecule has 0 aromatic heterocycles. The minimum Gasteiger partial charge on any atom is -0.326 e. The van der Waals surface area contributed by atoms with Crippen LogP contribution in [0.4, 0.5) is 0 Å². The first-order valence-electron chi connectivity index (χ1n) is 7.48. The maximum absolute atomic E-state index is 12.6. The summed E-state index contributed by atoms with van der Waals surface area (Å²) >= 11 is 0. The second-order valence-electron chi connectivity index (χ2n) is 5.68. The van der Waals surface area contributed by atoms with Crippen molar-refractivity contribution in [3.8, 4) is 0 Å². The number of nitrogens with two attached hydrogens (primary N) is 1. The molecule has 126 valence electrons. The van der Waals surface area contributed by atoms with Gasteiger partial charge in [-0.05, 0) is 12.0 Å². The van der Waals surface area contributed by atoms with Crippen molar-refractivity contribution >= 4 is 22.6 Å². The molecule has 1 fully saturated rings. The van der Waals surface area contributed by atoms with E-state index < -0.39 is 10.2 Å². The number of rotatable bonds is 6. The minimum absolute atomic E-state index is 0. The van der Waals surface area contributed by atoms with Gasteiger partial charge in [-0.3, -0.25) is 0 Å². The molecule has 0 bridgehead atoms. The van der Waals surface area contributed by atoms with E-state index >= 15 is 0 Å². The summed E-state index contributed by atoms with van der Waals surface area (Å²) in [6.45, 7) is 3.46. The molecular formula is C15H26ClN3O2S. The Labute approximate surface area is 140 Å². The van der Waals surface area contributed by atoms with E-state index in [1.54, 1.807) is 7.05 Å². The van der Waals surface area contributed by atoms with Gasteiger partial charge in [0.05, 0.1) is 0 Å². The standard InChI is InChI=1S/C15H25N3O2S.ClH/c1-3-4-10-17(2)21(19,20)18-11-14(15(16)12-18)13-8-6-5-7-9-13;/h5-9,14-15H,3-4,10-12,16H2,1-2H3;1H/t14-,15+;/m0./s1. The predicted octanol–water partition coefficient (Wildman–Crippen LogP) is 1.81. The highest BCUT2D eigenvalue weighted by Crippen LogP contribution is 2.28. The third kappa shape index (κ3) is 4.20. The quantitative estimate of drug-likeness (QED) is 0.853. The fraction of sp³-hybridized carbons (Fsp3) is 0.600. The fourth-order valence-corrected chi connectivity index (χ4v) is 4.19. The Balaban J connectivity index is 0.00000242. The Morgan fingerprint density at radius 2 is 1.91 bits per heavy atom. The molecule has 2 atom stereocenters. The van der Waals surface area contributed by atoms with Gasteiger partial charge in [-0.1, -0.05) is 43.7 Å². The van der Waals surface area contributed by atoms with Crippen molar-refractivity contribution in [1.82, 2.24) is 8.61 Å². The third-order valence-corrected chi connectivity index (χ3v) is 6.03. The molecule has 0 aliphatic carbocycles. The summed E-state index contributed by atoms with van der Waals surface area (Å²) < 4.78 is 28.1. The predicted molar refractivity (Wildman–Crippen MR) is 92.4 cm³/mol. The van der Waals surface area contributed by atoms with Crippen LogP contribution >= 0.6 is 12.4 Å². The summed E-state index contributed by atoms with van der Waals surface area (Å²) in [6.07, 6.45) is 1.85. The smallest absolute Gasteiger partial charge is 0.281 e.